The van der Waals surface area contributed by atoms with E-state index in [1.54, 1.807) is 0 Å². The van der Waals surface area contributed by atoms with E-state index in [0.717, 1.165) is 42.4 Å². The lowest BCUT2D eigenvalue weighted by Crippen LogP contribution is -2.45. The Bertz CT molecular complexity index is 406. The lowest BCUT2D eigenvalue weighted by Gasteiger charge is -2.54. The molecular formula is C14H25NO3S. The molecule has 0 aromatic carbocycles. The van der Waals surface area contributed by atoms with Crippen LogP contribution in [-0.4, -0.2) is 18.3 Å². The van der Waals surface area contributed by atoms with Crippen LogP contribution < -0.4 is 5.73 Å². The second-order valence-corrected chi connectivity index (χ2v) is 8.71. The highest BCUT2D eigenvalue weighted by molar-refractivity contribution is 7.86. The predicted octanol–water partition coefficient (Wildman–Crippen LogP) is 2.40. The van der Waals surface area contributed by atoms with Crippen molar-refractivity contribution in [2.75, 3.05) is 0 Å². The van der Waals surface area contributed by atoms with Crippen LogP contribution >= 0.6 is 0 Å². The summed E-state index contributed by atoms with van der Waals surface area (Å²) in [6, 6.07) is 0. The molecule has 0 spiro atoms. The van der Waals surface area contributed by atoms with Gasteiger partial charge in [0.25, 0.3) is 10.1 Å². The van der Waals surface area contributed by atoms with E-state index in [1.807, 2.05) is 0 Å². The van der Waals surface area contributed by atoms with Gasteiger partial charge in [0, 0.05) is 0 Å². The molecule has 4 aliphatic rings. The van der Waals surface area contributed by atoms with Gasteiger partial charge in [-0.05, 0) is 74.5 Å². The van der Waals surface area contributed by atoms with Crippen LogP contribution in [-0.2, 0) is 10.1 Å². The third-order valence-electron chi connectivity index (χ3n) is 5.83. The van der Waals surface area contributed by atoms with Gasteiger partial charge in [0.2, 0.25) is 0 Å². The van der Waals surface area contributed by atoms with Crippen LogP contribution in [0, 0.1) is 29.6 Å². The van der Waals surface area contributed by atoms with E-state index < -0.39 is 15.5 Å². The topological polar surface area (TPSA) is 80.4 Å². The predicted molar refractivity (Wildman–Crippen MR) is 73.9 cm³/mol. The molecule has 0 aromatic rings. The number of hydrogen-bond acceptors (Lipinski definition) is 3. The van der Waals surface area contributed by atoms with Crippen molar-refractivity contribution in [2.45, 2.75) is 56.7 Å². The van der Waals surface area contributed by atoms with Crippen LogP contribution in [0.5, 0.6) is 0 Å². The van der Waals surface area contributed by atoms with Crippen molar-refractivity contribution < 1.29 is 13.0 Å². The van der Waals surface area contributed by atoms with E-state index in [4.69, 9.17) is 10.3 Å². The van der Waals surface area contributed by atoms with E-state index in [0.29, 0.717) is 6.42 Å². The Morgan fingerprint density at radius 2 is 1.58 bits per heavy atom. The Morgan fingerprint density at radius 1 is 1.05 bits per heavy atom. The molecular weight excluding hydrogens is 262 g/mol. The lowest BCUT2D eigenvalue weighted by molar-refractivity contribution is -0.0404. The molecule has 4 rings (SSSR count). The molecule has 4 fully saturated rings. The third-order valence-corrected chi connectivity index (χ3v) is 6.83. The first-order chi connectivity index (χ1) is 8.93. The summed E-state index contributed by atoms with van der Waals surface area (Å²) in [5.41, 5.74) is 5.47. The molecule has 0 radical (unpaired) electrons. The van der Waals surface area contributed by atoms with Crippen LogP contribution in [0.3, 0.4) is 0 Å². The zero-order valence-corrected chi connectivity index (χ0v) is 12.2. The molecule has 4 nitrogen and oxygen atoms in total. The molecule has 0 heterocycles. The summed E-state index contributed by atoms with van der Waals surface area (Å²) in [7, 11) is -4.05. The maximum Gasteiger partial charge on any atom is 0.280 e. The molecule has 1 atom stereocenters. The van der Waals surface area contributed by atoms with Crippen molar-refractivity contribution in [2.24, 2.45) is 35.3 Å². The Balaban J connectivity index is 1.51. The number of hydrogen-bond donors (Lipinski definition) is 2. The first-order valence-electron chi connectivity index (χ1n) is 7.65. The van der Waals surface area contributed by atoms with E-state index in [2.05, 4.69) is 0 Å². The maximum atomic E-state index is 10.9. The van der Waals surface area contributed by atoms with Gasteiger partial charge in [-0.2, -0.15) is 8.42 Å². The van der Waals surface area contributed by atoms with E-state index in [1.165, 1.54) is 32.1 Å². The number of nitrogens with two attached hydrogens (primary N) is 1. The Hall–Kier alpha value is -0.130. The van der Waals surface area contributed by atoms with E-state index >= 15 is 0 Å². The van der Waals surface area contributed by atoms with E-state index in [9.17, 15) is 8.42 Å². The Labute approximate surface area is 115 Å². The van der Waals surface area contributed by atoms with Crippen molar-refractivity contribution in [3.05, 3.63) is 0 Å². The molecule has 0 aromatic heterocycles. The largest absolute Gasteiger partial charge is 0.313 e. The van der Waals surface area contributed by atoms with Crippen LogP contribution in [0.4, 0.5) is 0 Å². The van der Waals surface area contributed by atoms with Gasteiger partial charge in [0.05, 0.1) is 0 Å². The molecule has 110 valence electrons. The zero-order valence-electron chi connectivity index (χ0n) is 11.4. The van der Waals surface area contributed by atoms with Crippen LogP contribution in [0.1, 0.15) is 51.4 Å². The highest BCUT2D eigenvalue weighted by atomic mass is 32.2. The van der Waals surface area contributed by atoms with Gasteiger partial charge < -0.3 is 5.73 Å². The van der Waals surface area contributed by atoms with Gasteiger partial charge in [0.1, 0.15) is 5.37 Å². The van der Waals surface area contributed by atoms with E-state index in [-0.39, 0.29) is 0 Å². The summed E-state index contributed by atoms with van der Waals surface area (Å²) in [5, 5.41) is -1.09. The standard InChI is InChI=1S/C14H25NO3S/c15-14(19(16,17)18)3-1-2-13-11-5-9-4-10(7-11)8-12(13)6-9/h9-14H,1-8,15H2,(H,16,17,18). The molecule has 4 bridgehead atoms. The maximum absolute atomic E-state index is 10.9. The first-order valence-corrected chi connectivity index (χ1v) is 9.15. The summed E-state index contributed by atoms with van der Waals surface area (Å²) >= 11 is 0. The fourth-order valence-corrected chi connectivity index (χ4v) is 5.68. The second kappa shape index (κ2) is 5.01. The normalized spacial score (nSPS) is 42.5. The molecule has 4 aliphatic carbocycles. The fraction of sp³-hybridized carbons (Fsp3) is 1.00. The summed E-state index contributed by atoms with van der Waals surface area (Å²) in [6.45, 7) is 0. The van der Waals surface area contributed by atoms with Crippen molar-refractivity contribution in [3.63, 3.8) is 0 Å². The highest BCUT2D eigenvalue weighted by Gasteiger charge is 2.47. The summed E-state index contributed by atoms with van der Waals surface area (Å²) < 4.78 is 30.6. The molecule has 5 heteroatoms. The average Bonchev–Trinajstić information content (AvgIpc) is 2.30. The molecule has 0 aliphatic heterocycles. The minimum Gasteiger partial charge on any atom is -0.313 e. The highest BCUT2D eigenvalue weighted by Crippen LogP contribution is 2.57. The monoisotopic (exact) mass is 287 g/mol. The second-order valence-electron chi connectivity index (χ2n) is 7.08. The van der Waals surface area contributed by atoms with Crippen molar-refractivity contribution >= 4 is 10.1 Å². The zero-order chi connectivity index (χ0) is 13.6. The summed E-state index contributed by atoms with van der Waals surface area (Å²) in [5.74, 6) is 4.54. The van der Waals surface area contributed by atoms with Crippen LogP contribution in [0.15, 0.2) is 0 Å². The first kappa shape index (κ1) is 13.8. The quantitative estimate of drug-likeness (QED) is 0.761. The van der Waals surface area contributed by atoms with Gasteiger partial charge in [-0.3, -0.25) is 4.55 Å². The minimum absolute atomic E-state index is 0.391. The van der Waals surface area contributed by atoms with Crippen molar-refractivity contribution in [1.82, 2.24) is 0 Å². The SMILES string of the molecule is NC(CCCC1C2CC3CC(C2)CC1C3)S(=O)(=O)O. The molecule has 3 N–H and O–H groups in total. The molecule has 4 saturated carbocycles. The number of rotatable bonds is 5. The van der Waals surface area contributed by atoms with Gasteiger partial charge in [-0.15, -0.1) is 0 Å². The van der Waals surface area contributed by atoms with Gasteiger partial charge in [0.15, 0.2) is 0 Å². The summed E-state index contributed by atoms with van der Waals surface area (Å²) in [4.78, 5) is 0. The van der Waals surface area contributed by atoms with Crippen molar-refractivity contribution in [3.8, 4) is 0 Å². The van der Waals surface area contributed by atoms with Gasteiger partial charge in [-0.1, -0.05) is 6.42 Å². The fourth-order valence-electron chi connectivity index (χ4n) is 5.21. The van der Waals surface area contributed by atoms with Gasteiger partial charge in [-0.25, -0.2) is 0 Å². The average molecular weight is 287 g/mol. The Kier molecular flexibility index (Phi) is 3.65. The molecule has 19 heavy (non-hydrogen) atoms. The third kappa shape index (κ3) is 2.83. The molecule has 0 saturated heterocycles. The summed E-state index contributed by atoms with van der Waals surface area (Å²) in [6.07, 6.45) is 9.40. The molecule has 1 unspecified atom stereocenters. The minimum atomic E-state index is -4.05. The Morgan fingerprint density at radius 3 is 2.05 bits per heavy atom. The molecule has 0 amide bonds. The van der Waals surface area contributed by atoms with Crippen LogP contribution in [0.2, 0.25) is 0 Å². The van der Waals surface area contributed by atoms with Crippen molar-refractivity contribution in [1.29, 1.82) is 0 Å². The van der Waals surface area contributed by atoms with Gasteiger partial charge >= 0.3 is 0 Å². The lowest BCUT2D eigenvalue weighted by atomic mass is 9.51. The smallest absolute Gasteiger partial charge is 0.280 e. The van der Waals surface area contributed by atoms with Crippen LogP contribution in [0.25, 0.3) is 0 Å².